The van der Waals surface area contributed by atoms with Gasteiger partial charge in [0, 0.05) is 13.2 Å². The zero-order valence-electron chi connectivity index (χ0n) is 11.6. The Balaban J connectivity index is 2.40. The predicted octanol–water partition coefficient (Wildman–Crippen LogP) is 0.636. The molecule has 0 aliphatic carbocycles. The molecule has 0 radical (unpaired) electrons. The van der Waals surface area contributed by atoms with Gasteiger partial charge in [0.1, 0.15) is 0 Å². The lowest BCUT2D eigenvalue weighted by molar-refractivity contribution is 0.378. The molecule has 0 spiro atoms. The van der Waals surface area contributed by atoms with Gasteiger partial charge in [0.25, 0.3) is 10.0 Å². The maximum atomic E-state index is 12.2. The Kier molecular flexibility index (Phi) is 3.62. The van der Waals surface area contributed by atoms with Gasteiger partial charge in [0.05, 0.1) is 30.5 Å². The van der Waals surface area contributed by atoms with Crippen LogP contribution in [-0.2, 0) is 17.1 Å². The highest BCUT2D eigenvalue weighted by atomic mass is 32.2. The van der Waals surface area contributed by atoms with Gasteiger partial charge in [-0.2, -0.15) is 18.4 Å². The number of aromatic nitrogens is 4. The molecule has 0 atom stereocenters. The number of ether oxygens (including phenoxy) is 1. The zero-order valence-corrected chi connectivity index (χ0v) is 12.4. The minimum absolute atomic E-state index is 0.0605. The number of nitrogens with one attached hydrogen (secondary N) is 1. The molecule has 0 amide bonds. The topological polar surface area (TPSA) is 99.0 Å². The monoisotopic (exact) mass is 297 g/mol. The van der Waals surface area contributed by atoms with Crippen molar-refractivity contribution in [2.24, 2.45) is 7.05 Å². The molecule has 20 heavy (non-hydrogen) atoms. The molecule has 0 aliphatic heterocycles. The van der Waals surface area contributed by atoms with Crippen LogP contribution in [-0.4, -0.2) is 35.0 Å². The van der Waals surface area contributed by atoms with E-state index in [0.717, 1.165) is 0 Å². The van der Waals surface area contributed by atoms with E-state index < -0.39 is 10.0 Å². The van der Waals surface area contributed by atoms with Crippen molar-refractivity contribution in [3.63, 3.8) is 0 Å². The van der Waals surface area contributed by atoms with E-state index in [2.05, 4.69) is 19.7 Å². The van der Waals surface area contributed by atoms with Gasteiger partial charge in [0.15, 0.2) is 5.03 Å². The maximum absolute atomic E-state index is 12.2. The largest absolute Gasteiger partial charge is 0.467 e. The van der Waals surface area contributed by atoms with E-state index >= 15 is 0 Å². The van der Waals surface area contributed by atoms with Crippen LogP contribution in [0.3, 0.4) is 0 Å². The van der Waals surface area contributed by atoms with Crippen molar-refractivity contribution in [1.82, 2.24) is 19.5 Å². The number of rotatable bonds is 4. The van der Waals surface area contributed by atoms with Crippen molar-refractivity contribution >= 4 is 15.7 Å². The lowest BCUT2D eigenvalue weighted by Crippen LogP contribution is -2.16. The molecule has 0 saturated carbocycles. The molecule has 9 heteroatoms. The molecule has 1 N–H and O–H groups in total. The quantitative estimate of drug-likeness (QED) is 0.889. The van der Waals surface area contributed by atoms with Gasteiger partial charge in [-0.3, -0.25) is 4.72 Å². The molecule has 2 aromatic heterocycles. The van der Waals surface area contributed by atoms with E-state index in [4.69, 9.17) is 4.74 Å². The fourth-order valence-corrected chi connectivity index (χ4v) is 2.80. The minimum atomic E-state index is -3.76. The predicted molar refractivity (Wildman–Crippen MR) is 72.1 cm³/mol. The number of hydrogen-bond acceptors (Lipinski definition) is 6. The Bertz CT molecular complexity index is 715. The minimum Gasteiger partial charge on any atom is -0.467 e. The summed E-state index contributed by atoms with van der Waals surface area (Å²) in [5, 5.41) is -0.0605. The smallest absolute Gasteiger partial charge is 0.316 e. The molecule has 2 aromatic rings. The number of nitrogens with zero attached hydrogens (tertiary/aromatic N) is 4. The fraction of sp³-hybridized carbons (Fsp3) is 0.364. The first kappa shape index (κ1) is 14.3. The van der Waals surface area contributed by atoms with Crippen molar-refractivity contribution in [3.8, 4) is 6.01 Å². The summed E-state index contributed by atoms with van der Waals surface area (Å²) in [5.74, 6) is 0. The Labute approximate surface area is 116 Å². The first-order chi connectivity index (χ1) is 9.33. The molecule has 0 bridgehead atoms. The van der Waals surface area contributed by atoms with E-state index in [1.165, 1.54) is 19.6 Å². The Morgan fingerprint density at radius 2 is 1.85 bits per heavy atom. The average Bonchev–Trinajstić information content (AvgIpc) is 2.81. The van der Waals surface area contributed by atoms with Crippen LogP contribution in [0.2, 0.25) is 0 Å². The van der Waals surface area contributed by atoms with Crippen LogP contribution < -0.4 is 9.46 Å². The SMILES string of the molecule is COc1nc(C)c(NS(=O)(=O)c2cn(C)cn2)c(C)n1. The summed E-state index contributed by atoms with van der Waals surface area (Å²) in [6, 6.07) is 0.195. The van der Waals surface area contributed by atoms with Gasteiger partial charge >= 0.3 is 6.01 Å². The molecule has 108 valence electrons. The van der Waals surface area contributed by atoms with Gasteiger partial charge in [0.2, 0.25) is 0 Å². The number of anilines is 1. The van der Waals surface area contributed by atoms with Crippen LogP contribution >= 0.6 is 0 Å². The first-order valence-electron chi connectivity index (χ1n) is 5.73. The molecule has 2 heterocycles. The van der Waals surface area contributed by atoms with Crippen LogP contribution in [0.15, 0.2) is 17.6 Å². The molecule has 0 unspecified atom stereocenters. The van der Waals surface area contributed by atoms with E-state index in [1.54, 1.807) is 25.5 Å². The number of imidazole rings is 1. The van der Waals surface area contributed by atoms with Crippen LogP contribution in [0.5, 0.6) is 6.01 Å². The third kappa shape index (κ3) is 2.72. The van der Waals surface area contributed by atoms with E-state index in [1.807, 2.05) is 0 Å². The highest BCUT2D eigenvalue weighted by molar-refractivity contribution is 7.92. The van der Waals surface area contributed by atoms with Crippen molar-refractivity contribution in [3.05, 3.63) is 23.9 Å². The van der Waals surface area contributed by atoms with Crippen molar-refractivity contribution in [2.75, 3.05) is 11.8 Å². The number of aryl methyl sites for hydroxylation is 3. The van der Waals surface area contributed by atoms with Crippen LogP contribution in [0, 0.1) is 13.8 Å². The lowest BCUT2D eigenvalue weighted by Gasteiger charge is -2.11. The first-order valence-corrected chi connectivity index (χ1v) is 7.22. The third-order valence-electron chi connectivity index (χ3n) is 2.63. The Morgan fingerprint density at radius 1 is 1.25 bits per heavy atom. The van der Waals surface area contributed by atoms with Crippen molar-refractivity contribution in [1.29, 1.82) is 0 Å². The van der Waals surface area contributed by atoms with E-state index in [0.29, 0.717) is 17.1 Å². The Hall–Kier alpha value is -2.16. The fourth-order valence-electron chi connectivity index (χ4n) is 1.64. The number of methoxy groups -OCH3 is 1. The summed E-state index contributed by atoms with van der Waals surface area (Å²) >= 11 is 0. The summed E-state index contributed by atoms with van der Waals surface area (Å²) in [6.45, 7) is 3.35. The molecule has 0 saturated heterocycles. The molecule has 0 aromatic carbocycles. The second kappa shape index (κ2) is 5.08. The summed E-state index contributed by atoms with van der Waals surface area (Å²) in [6.07, 6.45) is 2.83. The summed E-state index contributed by atoms with van der Waals surface area (Å²) in [5.41, 5.74) is 1.29. The number of hydrogen-bond donors (Lipinski definition) is 1. The van der Waals surface area contributed by atoms with Crippen LogP contribution in [0.1, 0.15) is 11.4 Å². The van der Waals surface area contributed by atoms with Crippen LogP contribution in [0.25, 0.3) is 0 Å². The lowest BCUT2D eigenvalue weighted by atomic mass is 10.3. The van der Waals surface area contributed by atoms with E-state index in [-0.39, 0.29) is 11.0 Å². The van der Waals surface area contributed by atoms with Crippen molar-refractivity contribution in [2.45, 2.75) is 18.9 Å². The second-order valence-electron chi connectivity index (χ2n) is 4.24. The second-order valence-corrected chi connectivity index (χ2v) is 5.87. The maximum Gasteiger partial charge on any atom is 0.316 e. The third-order valence-corrected chi connectivity index (χ3v) is 3.86. The van der Waals surface area contributed by atoms with Crippen LogP contribution in [0.4, 0.5) is 5.69 Å². The average molecular weight is 297 g/mol. The molecule has 8 nitrogen and oxygen atoms in total. The molecular weight excluding hydrogens is 282 g/mol. The summed E-state index contributed by atoms with van der Waals surface area (Å²) in [7, 11) is -0.616. The summed E-state index contributed by atoms with van der Waals surface area (Å²) < 4.78 is 33.3. The van der Waals surface area contributed by atoms with E-state index in [9.17, 15) is 8.42 Å². The van der Waals surface area contributed by atoms with Gasteiger partial charge < -0.3 is 9.30 Å². The standard InChI is InChI=1S/C11H15N5O3S/c1-7-10(8(2)14-11(13-7)19-4)15-20(17,18)9-5-16(3)6-12-9/h5-6,15H,1-4H3. The molecule has 2 rings (SSSR count). The molecular formula is C11H15N5O3S. The molecule has 0 fully saturated rings. The van der Waals surface area contributed by atoms with Gasteiger partial charge in [-0.05, 0) is 13.8 Å². The van der Waals surface area contributed by atoms with Gasteiger partial charge in [-0.15, -0.1) is 0 Å². The Morgan fingerprint density at radius 3 is 2.30 bits per heavy atom. The zero-order chi connectivity index (χ0) is 14.9. The summed E-state index contributed by atoms with van der Waals surface area (Å²) in [4.78, 5) is 11.9. The number of sulfonamides is 1. The highest BCUT2D eigenvalue weighted by Gasteiger charge is 2.20. The van der Waals surface area contributed by atoms with Crippen molar-refractivity contribution < 1.29 is 13.2 Å². The van der Waals surface area contributed by atoms with Gasteiger partial charge in [-0.1, -0.05) is 0 Å². The molecule has 0 aliphatic rings. The highest BCUT2D eigenvalue weighted by Crippen LogP contribution is 2.22. The normalized spacial score (nSPS) is 11.4. The van der Waals surface area contributed by atoms with Gasteiger partial charge in [-0.25, -0.2) is 4.98 Å².